The van der Waals surface area contributed by atoms with Crippen LogP contribution in [0.1, 0.15) is 342 Å². The highest BCUT2D eigenvalue weighted by atomic mass is 16.7. The summed E-state index contributed by atoms with van der Waals surface area (Å²) in [6.45, 7) is 35.8. The number of imide groups is 2. The topological polar surface area (TPSA) is 147 Å². The van der Waals surface area contributed by atoms with Crippen molar-refractivity contribution >= 4 is 29.8 Å². The maximum atomic E-state index is 13.6. The molecule has 0 bridgehead atoms. The zero-order valence-electron chi connectivity index (χ0n) is 56.7. The molecule has 4 saturated heterocycles. The van der Waals surface area contributed by atoms with Crippen LogP contribution in [0.4, 0.5) is 4.79 Å². The van der Waals surface area contributed by atoms with Crippen molar-refractivity contribution in [3.63, 3.8) is 0 Å². The molecule has 0 radical (unpaired) electrons. The van der Waals surface area contributed by atoms with Crippen LogP contribution in [0.5, 0.6) is 0 Å². The summed E-state index contributed by atoms with van der Waals surface area (Å²) in [4.78, 5) is 80.0. The van der Waals surface area contributed by atoms with Gasteiger partial charge < -0.3 is 14.8 Å². The number of hydroxylamine groups is 4. The monoisotopic (exact) mass is 1170 g/mol. The molecule has 1 spiro atoms. The second kappa shape index (κ2) is 36.0. The number of hydrogen-bond acceptors (Lipinski definition) is 12. The fourth-order valence-corrected chi connectivity index (χ4v) is 15.0. The van der Waals surface area contributed by atoms with E-state index in [0.29, 0.717) is 32.2 Å². The number of amides is 4. The largest absolute Gasteiger partial charge is 0.462 e. The van der Waals surface area contributed by atoms with Gasteiger partial charge in [0.2, 0.25) is 5.91 Å². The van der Waals surface area contributed by atoms with Crippen LogP contribution >= 0.6 is 0 Å². The molecule has 0 aliphatic carbocycles. The van der Waals surface area contributed by atoms with Crippen molar-refractivity contribution in [1.82, 2.24) is 25.2 Å². The van der Waals surface area contributed by atoms with E-state index >= 15 is 0 Å². The number of urea groups is 1. The van der Waals surface area contributed by atoms with Gasteiger partial charge in [0, 0.05) is 85.2 Å². The molecule has 4 fully saturated rings. The molecule has 0 aromatic carbocycles. The van der Waals surface area contributed by atoms with Crippen molar-refractivity contribution in [3.05, 3.63) is 0 Å². The summed E-state index contributed by atoms with van der Waals surface area (Å²) < 4.78 is 12.0. The number of piperidine rings is 3. The van der Waals surface area contributed by atoms with Crippen molar-refractivity contribution in [2.75, 3.05) is 19.8 Å². The number of ether oxygens (including phenoxy) is 2. The summed E-state index contributed by atoms with van der Waals surface area (Å²) in [6, 6.07) is -0.429. The lowest BCUT2D eigenvalue weighted by atomic mass is 9.70. The summed E-state index contributed by atoms with van der Waals surface area (Å²) >= 11 is 0. The van der Waals surface area contributed by atoms with E-state index < -0.39 is 11.6 Å². The number of nitrogens with one attached hydrogen (secondary N) is 1. The lowest BCUT2D eigenvalue weighted by Crippen LogP contribution is -2.69. The van der Waals surface area contributed by atoms with Crippen LogP contribution in [-0.2, 0) is 38.3 Å². The predicted octanol–water partition coefficient (Wildman–Crippen LogP) is 17.2. The third kappa shape index (κ3) is 25.5. The number of hydrogen-bond donors (Lipinski definition) is 1. The van der Waals surface area contributed by atoms with E-state index in [0.717, 1.165) is 110 Å². The van der Waals surface area contributed by atoms with E-state index in [1.807, 2.05) is 27.7 Å². The van der Waals surface area contributed by atoms with Gasteiger partial charge in [0.1, 0.15) is 17.7 Å². The highest BCUT2D eigenvalue weighted by molar-refractivity contribution is 6.14. The minimum atomic E-state index is -1.07. The Morgan fingerprint density at radius 1 is 0.446 bits per heavy atom. The molecular weight excluding hydrogens is 1040 g/mol. The number of carbonyl (C=O) groups excluding carboxylic acids is 5. The highest BCUT2D eigenvalue weighted by Crippen LogP contribution is 2.46. The summed E-state index contributed by atoms with van der Waals surface area (Å²) in [5.41, 5.74) is -2.57. The number of esters is 2. The van der Waals surface area contributed by atoms with Gasteiger partial charge in [-0.25, -0.2) is 9.69 Å². The van der Waals surface area contributed by atoms with Crippen molar-refractivity contribution in [2.24, 2.45) is 0 Å². The summed E-state index contributed by atoms with van der Waals surface area (Å²) in [5, 5.41) is 7.91. The summed E-state index contributed by atoms with van der Waals surface area (Å²) in [7, 11) is 0. The maximum Gasteiger partial charge on any atom is 0.334 e. The fraction of sp³-hybridized carbons (Fsp3) is 0.928. The van der Waals surface area contributed by atoms with Crippen LogP contribution in [0.25, 0.3) is 0 Å². The van der Waals surface area contributed by atoms with E-state index in [-0.39, 0.29) is 69.2 Å². The first kappa shape index (κ1) is 74.6. The van der Waals surface area contributed by atoms with Gasteiger partial charge in [-0.15, -0.1) is 0 Å². The number of nitrogens with zero attached hydrogens (tertiary/aromatic N) is 4. The summed E-state index contributed by atoms with van der Waals surface area (Å²) in [5.74, 6) is -0.687. The van der Waals surface area contributed by atoms with Gasteiger partial charge in [-0.1, -0.05) is 168 Å². The predicted molar refractivity (Wildman–Crippen MR) is 339 cm³/mol. The van der Waals surface area contributed by atoms with Crippen LogP contribution in [0.2, 0.25) is 0 Å². The van der Waals surface area contributed by atoms with Crippen LogP contribution in [0.3, 0.4) is 0 Å². The fourth-order valence-electron chi connectivity index (χ4n) is 15.0. The van der Waals surface area contributed by atoms with Crippen molar-refractivity contribution in [1.29, 1.82) is 0 Å². The Labute approximate surface area is 508 Å². The Kier molecular flexibility index (Phi) is 32.3. The third-order valence-corrected chi connectivity index (χ3v) is 17.8. The molecule has 484 valence electrons. The van der Waals surface area contributed by atoms with Gasteiger partial charge in [0.15, 0.2) is 0 Å². The Hall–Kier alpha value is -2.65. The van der Waals surface area contributed by atoms with E-state index in [1.54, 1.807) is 0 Å². The molecule has 83 heavy (non-hydrogen) atoms. The zero-order valence-corrected chi connectivity index (χ0v) is 56.7. The molecule has 0 aromatic rings. The molecule has 14 heteroatoms. The van der Waals surface area contributed by atoms with Crippen molar-refractivity contribution < 1.29 is 43.1 Å². The van der Waals surface area contributed by atoms with Gasteiger partial charge in [-0.2, -0.15) is 10.1 Å². The maximum absolute atomic E-state index is 13.6. The molecule has 0 unspecified atom stereocenters. The van der Waals surface area contributed by atoms with Gasteiger partial charge >= 0.3 is 18.0 Å². The van der Waals surface area contributed by atoms with Gasteiger partial charge in [0.25, 0.3) is 5.91 Å². The third-order valence-electron chi connectivity index (χ3n) is 17.8. The van der Waals surface area contributed by atoms with Crippen LogP contribution in [0.15, 0.2) is 0 Å². The molecule has 1 N–H and O–H groups in total. The Morgan fingerprint density at radius 3 is 1.07 bits per heavy atom. The van der Waals surface area contributed by atoms with E-state index in [1.165, 1.54) is 126 Å². The number of carbonyl (C=O) groups is 5. The molecule has 4 amide bonds. The van der Waals surface area contributed by atoms with Gasteiger partial charge in [0.05, 0.1) is 13.2 Å². The molecule has 14 nitrogen and oxygen atoms in total. The Bertz CT molecular complexity index is 1790. The van der Waals surface area contributed by atoms with E-state index in [9.17, 15) is 24.0 Å². The van der Waals surface area contributed by atoms with Crippen LogP contribution in [-0.4, -0.2) is 120 Å². The SMILES string of the molecule is CCCCCCCCCCCCN1C(=O)N(C(C)=O)C2(CC(C)(C)NC(C)(C)C2)C1=O.CCCCCCCCON1C(C)(C)CC(OC(=O)CCCCCCCCC(=O)OC2CC(C)(C)N(OCCCCCCCC)C(C)(C)C2)CC1(C)C. The zero-order chi connectivity index (χ0) is 62.0. The van der Waals surface area contributed by atoms with E-state index in [4.69, 9.17) is 19.1 Å². The van der Waals surface area contributed by atoms with Crippen molar-refractivity contribution in [3.8, 4) is 0 Å². The van der Waals surface area contributed by atoms with Gasteiger partial charge in [-0.05, 0) is 128 Å². The minimum absolute atomic E-state index is 0.0812. The molecule has 0 atom stereocenters. The number of rotatable bonds is 38. The molecule has 0 aromatic heterocycles. The lowest BCUT2D eigenvalue weighted by Gasteiger charge is -2.53. The highest BCUT2D eigenvalue weighted by Gasteiger charge is 2.64. The average molecular weight is 1170 g/mol. The Morgan fingerprint density at radius 2 is 0.747 bits per heavy atom. The first-order valence-corrected chi connectivity index (χ1v) is 34.2. The van der Waals surface area contributed by atoms with E-state index in [2.05, 4.69) is 91.6 Å². The second-order valence-electron chi connectivity index (χ2n) is 29.8. The van der Waals surface area contributed by atoms with Crippen LogP contribution in [0, 0.1) is 0 Å². The second-order valence-corrected chi connectivity index (χ2v) is 29.8. The minimum Gasteiger partial charge on any atom is -0.462 e. The molecular formula is C69H129N5O9. The molecule has 4 rings (SSSR count). The number of unbranched alkanes of at least 4 members (excludes halogenated alkanes) is 24. The normalized spacial score (nSPS) is 21.1. The quantitative estimate of drug-likeness (QED) is 0.0356. The molecule has 4 aliphatic heterocycles. The lowest BCUT2D eigenvalue weighted by molar-refractivity contribution is -0.293. The standard InChI is InChI=1S/C44H84N2O6.C25H45N3O3/c1-11-13-15-17-23-27-31-49-45-41(3,4)33-37(34-42(45,5)6)51-39(47)29-25-21-19-20-22-26-30-40(48)52-38-35-43(7,8)46(44(9,10)36-38)50-32-28-24-18-16-14-12-2;1-7-8-9-10-11-12-13-14-15-16-17-27-21(30)25(28(20(2)29)22(27)31)18-23(3,4)26-24(5,6)19-25/h37-38H,11-36H2,1-10H3;26H,7-19H2,1-6H3. The summed E-state index contributed by atoms with van der Waals surface area (Å²) in [6.07, 6.45) is 37.6. The van der Waals surface area contributed by atoms with Crippen LogP contribution < -0.4 is 5.32 Å². The first-order valence-electron chi connectivity index (χ1n) is 34.2. The first-order chi connectivity index (χ1) is 39.0. The van der Waals surface area contributed by atoms with Gasteiger partial charge in [-0.3, -0.25) is 33.8 Å². The smallest absolute Gasteiger partial charge is 0.334 e. The molecule has 4 heterocycles. The molecule has 0 saturated carbocycles. The average Bonchev–Trinajstić information content (AvgIpc) is 1.86. The molecule has 4 aliphatic rings. The van der Waals surface area contributed by atoms with Crippen molar-refractivity contribution in [2.45, 2.75) is 393 Å². The Balaban J connectivity index is 0.000000494.